The van der Waals surface area contributed by atoms with Crippen LogP contribution in [0.3, 0.4) is 0 Å². The van der Waals surface area contributed by atoms with Crippen molar-refractivity contribution >= 4 is 23.5 Å². The molecule has 0 aliphatic carbocycles. The van der Waals surface area contributed by atoms with Crippen LogP contribution in [0, 0.1) is 5.92 Å². The van der Waals surface area contributed by atoms with Gasteiger partial charge in [0.15, 0.2) is 6.61 Å². The molecule has 2 rings (SSSR count). The number of likely N-dealkylation sites (tertiary alicyclic amines) is 1. The lowest BCUT2D eigenvalue weighted by Crippen LogP contribution is -2.43. The zero-order valence-corrected chi connectivity index (χ0v) is 15.3. The number of nitrogens with one attached hydrogen (secondary N) is 1. The molecular formula is C19H26N2O5. The molecule has 7 heteroatoms. The van der Waals surface area contributed by atoms with E-state index in [-0.39, 0.29) is 24.3 Å². The highest BCUT2D eigenvalue weighted by Crippen LogP contribution is 2.22. The topological polar surface area (TPSA) is 84.9 Å². The molecule has 0 aromatic heterocycles. The second-order valence-corrected chi connectivity index (χ2v) is 6.14. The Kier molecular flexibility index (Phi) is 7.44. The Labute approximate surface area is 153 Å². The third-order valence-electron chi connectivity index (χ3n) is 4.21. The lowest BCUT2D eigenvalue weighted by molar-refractivity contribution is -0.145. The summed E-state index contributed by atoms with van der Waals surface area (Å²) in [5.74, 6) is -0.214. The van der Waals surface area contributed by atoms with Crippen molar-refractivity contribution in [2.24, 2.45) is 5.92 Å². The molecule has 0 saturated carbocycles. The van der Waals surface area contributed by atoms with Crippen molar-refractivity contribution in [2.45, 2.75) is 33.1 Å². The van der Waals surface area contributed by atoms with Gasteiger partial charge in [0.25, 0.3) is 0 Å². The molecule has 1 unspecified atom stereocenters. The van der Waals surface area contributed by atoms with E-state index in [0.717, 1.165) is 12.8 Å². The summed E-state index contributed by atoms with van der Waals surface area (Å²) in [5, 5.41) is 2.87. The van der Waals surface area contributed by atoms with E-state index in [4.69, 9.17) is 9.47 Å². The zero-order chi connectivity index (χ0) is 18.9. The molecule has 7 nitrogen and oxygen atoms in total. The van der Waals surface area contributed by atoms with Gasteiger partial charge in [0.2, 0.25) is 11.8 Å². The minimum absolute atomic E-state index is 0.0804. The average molecular weight is 362 g/mol. The fraction of sp³-hybridized carbons (Fsp3) is 0.526. The third kappa shape index (κ3) is 5.75. The van der Waals surface area contributed by atoms with Gasteiger partial charge < -0.3 is 19.7 Å². The number of carbonyl (C=O) groups excluding carboxylic acids is 3. The van der Waals surface area contributed by atoms with Crippen LogP contribution in [0.1, 0.15) is 33.1 Å². The molecule has 1 N–H and O–H groups in total. The number of esters is 1. The SMILES string of the molecule is CCOC(=O)COc1cccc(NC(=O)C2CCCN(C(=O)CC)C2)c1. The van der Waals surface area contributed by atoms with Crippen LogP contribution in [0.15, 0.2) is 24.3 Å². The highest BCUT2D eigenvalue weighted by atomic mass is 16.6. The first-order chi connectivity index (χ1) is 12.5. The lowest BCUT2D eigenvalue weighted by Gasteiger charge is -2.31. The van der Waals surface area contributed by atoms with E-state index in [2.05, 4.69) is 5.32 Å². The molecule has 1 aliphatic rings. The Balaban J connectivity index is 1.91. The highest BCUT2D eigenvalue weighted by molar-refractivity contribution is 5.93. The summed E-state index contributed by atoms with van der Waals surface area (Å²) < 4.78 is 10.2. The normalized spacial score (nSPS) is 16.7. The summed E-state index contributed by atoms with van der Waals surface area (Å²) in [6.07, 6.45) is 2.04. The minimum atomic E-state index is -0.440. The number of rotatable bonds is 7. The smallest absolute Gasteiger partial charge is 0.344 e. The second-order valence-electron chi connectivity index (χ2n) is 6.14. The number of hydrogen-bond donors (Lipinski definition) is 1. The van der Waals surface area contributed by atoms with Crippen LogP contribution in [0.5, 0.6) is 5.75 Å². The van der Waals surface area contributed by atoms with Gasteiger partial charge in [-0.15, -0.1) is 0 Å². The molecule has 1 aliphatic heterocycles. The molecule has 0 spiro atoms. The number of ether oxygens (including phenoxy) is 2. The van der Waals surface area contributed by atoms with Crippen molar-refractivity contribution in [3.63, 3.8) is 0 Å². The maximum Gasteiger partial charge on any atom is 0.344 e. The third-order valence-corrected chi connectivity index (χ3v) is 4.21. The largest absolute Gasteiger partial charge is 0.482 e. The molecule has 1 heterocycles. The van der Waals surface area contributed by atoms with Crippen molar-refractivity contribution in [2.75, 3.05) is 31.6 Å². The summed E-state index contributed by atoms with van der Waals surface area (Å²) in [6, 6.07) is 6.86. The molecular weight excluding hydrogens is 336 g/mol. The fourth-order valence-electron chi connectivity index (χ4n) is 2.89. The van der Waals surface area contributed by atoms with Crippen LogP contribution in [0.2, 0.25) is 0 Å². The zero-order valence-electron chi connectivity index (χ0n) is 15.3. The van der Waals surface area contributed by atoms with E-state index in [0.29, 0.717) is 37.6 Å². The van der Waals surface area contributed by atoms with Gasteiger partial charge in [-0.2, -0.15) is 0 Å². The van der Waals surface area contributed by atoms with Crippen LogP contribution in [0.25, 0.3) is 0 Å². The number of hydrogen-bond acceptors (Lipinski definition) is 5. The van der Waals surface area contributed by atoms with E-state index in [1.165, 1.54) is 0 Å². The van der Waals surface area contributed by atoms with Crippen molar-refractivity contribution < 1.29 is 23.9 Å². The first-order valence-electron chi connectivity index (χ1n) is 9.00. The number of piperidine rings is 1. The average Bonchev–Trinajstić information content (AvgIpc) is 2.66. The summed E-state index contributed by atoms with van der Waals surface area (Å²) >= 11 is 0. The van der Waals surface area contributed by atoms with Crippen LogP contribution < -0.4 is 10.1 Å². The Morgan fingerprint density at radius 1 is 1.27 bits per heavy atom. The van der Waals surface area contributed by atoms with E-state index in [9.17, 15) is 14.4 Å². The Morgan fingerprint density at radius 3 is 2.81 bits per heavy atom. The lowest BCUT2D eigenvalue weighted by atomic mass is 9.96. The van der Waals surface area contributed by atoms with Gasteiger partial charge in [-0.3, -0.25) is 9.59 Å². The molecule has 26 heavy (non-hydrogen) atoms. The Hall–Kier alpha value is -2.57. The number of anilines is 1. The number of benzene rings is 1. The molecule has 1 aromatic carbocycles. The van der Waals surface area contributed by atoms with Crippen LogP contribution in [-0.4, -0.2) is 49.0 Å². The van der Waals surface area contributed by atoms with Gasteiger partial charge in [-0.05, 0) is 31.9 Å². The minimum Gasteiger partial charge on any atom is -0.482 e. The predicted octanol–water partition coefficient (Wildman–Crippen LogP) is 2.22. The van der Waals surface area contributed by atoms with Gasteiger partial charge in [0.1, 0.15) is 5.75 Å². The fourth-order valence-corrected chi connectivity index (χ4v) is 2.89. The van der Waals surface area contributed by atoms with Crippen molar-refractivity contribution in [1.82, 2.24) is 4.90 Å². The van der Waals surface area contributed by atoms with Crippen molar-refractivity contribution in [3.05, 3.63) is 24.3 Å². The van der Waals surface area contributed by atoms with Crippen molar-refractivity contribution in [1.29, 1.82) is 0 Å². The first kappa shape index (κ1) is 19.8. The maximum atomic E-state index is 12.5. The molecule has 1 atom stereocenters. The molecule has 1 fully saturated rings. The molecule has 1 aromatic rings. The molecule has 0 bridgehead atoms. The number of carbonyl (C=O) groups is 3. The monoisotopic (exact) mass is 362 g/mol. The van der Waals surface area contributed by atoms with Crippen LogP contribution in [0.4, 0.5) is 5.69 Å². The van der Waals surface area contributed by atoms with Gasteiger partial charge in [0, 0.05) is 31.3 Å². The number of nitrogens with zero attached hydrogens (tertiary/aromatic N) is 1. The molecule has 1 saturated heterocycles. The van der Waals surface area contributed by atoms with E-state index >= 15 is 0 Å². The van der Waals surface area contributed by atoms with Crippen molar-refractivity contribution in [3.8, 4) is 5.75 Å². The van der Waals surface area contributed by atoms with Crippen LogP contribution in [-0.2, 0) is 19.1 Å². The van der Waals surface area contributed by atoms with Crippen LogP contribution >= 0.6 is 0 Å². The summed E-state index contributed by atoms with van der Waals surface area (Å²) in [7, 11) is 0. The van der Waals surface area contributed by atoms with Gasteiger partial charge in [-0.1, -0.05) is 13.0 Å². The van der Waals surface area contributed by atoms with Gasteiger partial charge in [0.05, 0.1) is 12.5 Å². The molecule has 2 amide bonds. The Morgan fingerprint density at radius 2 is 2.08 bits per heavy atom. The van der Waals surface area contributed by atoms with Gasteiger partial charge >= 0.3 is 5.97 Å². The van der Waals surface area contributed by atoms with Gasteiger partial charge in [-0.25, -0.2) is 4.79 Å². The first-order valence-corrected chi connectivity index (χ1v) is 9.00. The van der Waals surface area contributed by atoms with E-state index < -0.39 is 5.97 Å². The van der Waals surface area contributed by atoms with E-state index in [1.807, 2.05) is 6.92 Å². The predicted molar refractivity (Wildman–Crippen MR) is 96.8 cm³/mol. The number of amides is 2. The Bertz CT molecular complexity index is 647. The summed E-state index contributed by atoms with van der Waals surface area (Å²) in [4.78, 5) is 37.5. The summed E-state index contributed by atoms with van der Waals surface area (Å²) in [5.41, 5.74) is 0.593. The second kappa shape index (κ2) is 9.79. The summed E-state index contributed by atoms with van der Waals surface area (Å²) in [6.45, 7) is 4.85. The quantitative estimate of drug-likeness (QED) is 0.752. The maximum absolute atomic E-state index is 12.5. The van der Waals surface area contributed by atoms with E-state index in [1.54, 1.807) is 36.1 Å². The molecule has 142 valence electrons. The molecule has 0 radical (unpaired) electrons. The highest BCUT2D eigenvalue weighted by Gasteiger charge is 2.27. The standard InChI is InChI=1S/C19H26N2O5/c1-3-17(22)21-10-6-7-14(12-21)19(24)20-15-8-5-9-16(11-15)26-13-18(23)25-4-2/h5,8-9,11,14H,3-4,6-7,10,12-13H2,1-2H3,(H,20,24).